The van der Waals surface area contributed by atoms with Crippen molar-refractivity contribution in [1.29, 1.82) is 0 Å². The van der Waals surface area contributed by atoms with Crippen LogP contribution < -0.4 is 11.1 Å². The summed E-state index contributed by atoms with van der Waals surface area (Å²) in [6.45, 7) is 0.452. The van der Waals surface area contributed by atoms with Crippen LogP contribution in [-0.4, -0.2) is 17.8 Å². The SMILES string of the molecule is Nc1cc(F)cc(NCC(O)C2CC2)c1. The molecule has 82 valence electrons. The molecule has 1 aliphatic carbocycles. The van der Waals surface area contributed by atoms with Crippen LogP contribution >= 0.6 is 0 Å². The molecule has 1 saturated carbocycles. The second kappa shape index (κ2) is 4.06. The Bertz CT molecular complexity index is 332. The molecular formula is C11H15FN2O. The molecule has 0 heterocycles. The third kappa shape index (κ3) is 2.83. The van der Waals surface area contributed by atoms with E-state index in [4.69, 9.17) is 5.73 Å². The van der Waals surface area contributed by atoms with Crippen LogP contribution in [0.3, 0.4) is 0 Å². The lowest BCUT2D eigenvalue weighted by molar-refractivity contribution is 0.164. The van der Waals surface area contributed by atoms with E-state index in [9.17, 15) is 9.50 Å². The summed E-state index contributed by atoms with van der Waals surface area (Å²) in [5.41, 5.74) is 6.50. The minimum absolute atomic E-state index is 0.338. The molecule has 15 heavy (non-hydrogen) atoms. The van der Waals surface area contributed by atoms with Gasteiger partial charge in [0.05, 0.1) is 6.10 Å². The van der Waals surface area contributed by atoms with E-state index in [1.165, 1.54) is 12.1 Å². The van der Waals surface area contributed by atoms with Gasteiger partial charge in [-0.25, -0.2) is 4.39 Å². The first-order valence-corrected chi connectivity index (χ1v) is 5.13. The highest BCUT2D eigenvalue weighted by atomic mass is 19.1. The maximum atomic E-state index is 12.9. The van der Waals surface area contributed by atoms with E-state index in [1.807, 2.05) is 0 Å². The van der Waals surface area contributed by atoms with E-state index in [2.05, 4.69) is 5.32 Å². The first kappa shape index (κ1) is 10.2. The van der Waals surface area contributed by atoms with E-state index in [1.54, 1.807) is 6.07 Å². The Morgan fingerprint density at radius 1 is 1.47 bits per heavy atom. The largest absolute Gasteiger partial charge is 0.399 e. The molecule has 1 unspecified atom stereocenters. The Balaban J connectivity index is 1.91. The molecule has 1 atom stereocenters. The van der Waals surface area contributed by atoms with Gasteiger partial charge in [0.1, 0.15) is 5.82 Å². The average Bonchev–Trinajstić information content (AvgIpc) is 2.95. The van der Waals surface area contributed by atoms with Crippen LogP contribution in [0, 0.1) is 11.7 Å². The number of hydrogen-bond donors (Lipinski definition) is 3. The third-order valence-corrected chi connectivity index (χ3v) is 2.60. The lowest BCUT2D eigenvalue weighted by atomic mass is 10.2. The van der Waals surface area contributed by atoms with Crippen molar-refractivity contribution in [2.75, 3.05) is 17.6 Å². The highest BCUT2D eigenvalue weighted by Crippen LogP contribution is 2.32. The zero-order chi connectivity index (χ0) is 10.8. The van der Waals surface area contributed by atoms with Crippen LogP contribution in [0.1, 0.15) is 12.8 Å². The molecule has 4 heteroatoms. The van der Waals surface area contributed by atoms with Gasteiger partial charge in [0, 0.05) is 17.9 Å². The maximum absolute atomic E-state index is 12.9. The molecule has 1 aromatic rings. The van der Waals surface area contributed by atoms with Gasteiger partial charge in [0.25, 0.3) is 0 Å². The molecule has 2 rings (SSSR count). The average molecular weight is 210 g/mol. The van der Waals surface area contributed by atoms with Gasteiger partial charge >= 0.3 is 0 Å². The predicted molar refractivity (Wildman–Crippen MR) is 58.0 cm³/mol. The van der Waals surface area contributed by atoms with E-state index >= 15 is 0 Å². The van der Waals surface area contributed by atoms with Gasteiger partial charge in [0.15, 0.2) is 0 Å². The normalized spacial score (nSPS) is 17.5. The van der Waals surface area contributed by atoms with Crippen LogP contribution in [0.25, 0.3) is 0 Å². The number of halogens is 1. The van der Waals surface area contributed by atoms with Gasteiger partial charge in [-0.2, -0.15) is 0 Å². The standard InChI is InChI=1S/C11H15FN2O/c12-8-3-9(13)5-10(4-8)14-6-11(15)7-1-2-7/h3-5,7,11,14-15H,1-2,6,13H2. The molecule has 0 radical (unpaired) electrons. The van der Waals surface area contributed by atoms with Gasteiger partial charge in [-0.3, -0.25) is 0 Å². The minimum atomic E-state index is -0.363. The number of hydrogen-bond acceptors (Lipinski definition) is 3. The van der Waals surface area contributed by atoms with E-state index in [-0.39, 0.29) is 11.9 Å². The van der Waals surface area contributed by atoms with Crippen molar-refractivity contribution in [3.05, 3.63) is 24.0 Å². The summed E-state index contributed by atoms with van der Waals surface area (Å²) in [5.74, 6) is 0.0572. The van der Waals surface area contributed by atoms with Crippen molar-refractivity contribution in [3.63, 3.8) is 0 Å². The second-order valence-electron chi connectivity index (χ2n) is 4.06. The van der Waals surface area contributed by atoms with Gasteiger partial charge in [0.2, 0.25) is 0 Å². The second-order valence-corrected chi connectivity index (χ2v) is 4.06. The van der Waals surface area contributed by atoms with Crippen molar-refractivity contribution in [1.82, 2.24) is 0 Å². The molecule has 1 fully saturated rings. The van der Waals surface area contributed by atoms with Gasteiger partial charge < -0.3 is 16.2 Å². The van der Waals surface area contributed by atoms with Crippen LogP contribution in [0.15, 0.2) is 18.2 Å². The summed E-state index contributed by atoms with van der Waals surface area (Å²) in [4.78, 5) is 0. The fraction of sp³-hybridized carbons (Fsp3) is 0.455. The van der Waals surface area contributed by atoms with Crippen molar-refractivity contribution >= 4 is 11.4 Å². The number of benzene rings is 1. The summed E-state index contributed by atoms with van der Waals surface area (Å²) in [5, 5.41) is 12.6. The van der Waals surface area contributed by atoms with E-state index < -0.39 is 0 Å². The molecule has 0 amide bonds. The molecule has 1 aliphatic rings. The molecule has 4 N–H and O–H groups in total. The van der Waals surface area contributed by atoms with Crippen LogP contribution in [0.5, 0.6) is 0 Å². The van der Waals surface area contributed by atoms with Gasteiger partial charge in [-0.15, -0.1) is 0 Å². The van der Waals surface area contributed by atoms with Gasteiger partial charge in [-0.1, -0.05) is 0 Å². The fourth-order valence-corrected chi connectivity index (χ4v) is 1.58. The third-order valence-electron chi connectivity index (χ3n) is 2.60. The summed E-state index contributed by atoms with van der Waals surface area (Å²) < 4.78 is 12.9. The highest BCUT2D eigenvalue weighted by Gasteiger charge is 2.29. The first-order chi connectivity index (χ1) is 7.15. The highest BCUT2D eigenvalue weighted by molar-refractivity contribution is 5.54. The van der Waals surface area contributed by atoms with Crippen molar-refractivity contribution < 1.29 is 9.50 Å². The molecular weight excluding hydrogens is 195 g/mol. The molecule has 0 bridgehead atoms. The van der Waals surface area contributed by atoms with Gasteiger partial charge in [-0.05, 0) is 37.0 Å². The molecule has 3 nitrogen and oxygen atoms in total. The Hall–Kier alpha value is -1.29. The lowest BCUT2D eigenvalue weighted by Crippen LogP contribution is -2.21. The maximum Gasteiger partial charge on any atom is 0.127 e. The minimum Gasteiger partial charge on any atom is -0.399 e. The van der Waals surface area contributed by atoms with Crippen LogP contribution in [-0.2, 0) is 0 Å². The van der Waals surface area contributed by atoms with Crippen molar-refractivity contribution in [2.24, 2.45) is 5.92 Å². The zero-order valence-corrected chi connectivity index (χ0v) is 8.41. The number of aliphatic hydroxyl groups is 1. The number of nitrogens with one attached hydrogen (secondary N) is 1. The number of nitrogens with two attached hydrogens (primary N) is 1. The number of rotatable bonds is 4. The number of nitrogen functional groups attached to an aromatic ring is 1. The molecule has 0 aliphatic heterocycles. The molecule has 1 aromatic carbocycles. The summed E-state index contributed by atoms with van der Waals surface area (Å²) in [6, 6.07) is 4.29. The Morgan fingerprint density at radius 3 is 2.80 bits per heavy atom. The molecule has 0 saturated heterocycles. The quantitative estimate of drug-likeness (QED) is 0.661. The number of anilines is 2. The summed E-state index contributed by atoms with van der Waals surface area (Å²) >= 11 is 0. The Kier molecular flexibility index (Phi) is 2.77. The topological polar surface area (TPSA) is 58.3 Å². The summed E-state index contributed by atoms with van der Waals surface area (Å²) in [6.07, 6.45) is 1.84. The van der Waals surface area contributed by atoms with E-state index in [0.717, 1.165) is 12.8 Å². The van der Waals surface area contributed by atoms with Crippen LogP contribution in [0.4, 0.5) is 15.8 Å². The lowest BCUT2D eigenvalue weighted by Gasteiger charge is -2.12. The van der Waals surface area contributed by atoms with Crippen molar-refractivity contribution in [3.8, 4) is 0 Å². The molecule has 0 spiro atoms. The molecule has 0 aromatic heterocycles. The monoisotopic (exact) mass is 210 g/mol. The predicted octanol–water partition coefficient (Wildman–Crippen LogP) is 1.59. The summed E-state index contributed by atoms with van der Waals surface area (Å²) in [7, 11) is 0. The zero-order valence-electron chi connectivity index (χ0n) is 8.41. The smallest absolute Gasteiger partial charge is 0.127 e. The van der Waals surface area contributed by atoms with Crippen LogP contribution in [0.2, 0.25) is 0 Å². The Morgan fingerprint density at radius 2 is 2.20 bits per heavy atom. The fourth-order valence-electron chi connectivity index (χ4n) is 1.58. The van der Waals surface area contributed by atoms with E-state index in [0.29, 0.717) is 23.8 Å². The first-order valence-electron chi connectivity index (χ1n) is 5.13. The Labute approximate surface area is 88.1 Å². The van der Waals surface area contributed by atoms with Crippen molar-refractivity contribution in [2.45, 2.75) is 18.9 Å². The number of aliphatic hydroxyl groups excluding tert-OH is 1.